The first-order valence-corrected chi connectivity index (χ1v) is 7.09. The van der Waals surface area contributed by atoms with Crippen LogP contribution < -0.4 is 4.74 Å². The largest absolute Gasteiger partial charge is 0.493 e. The van der Waals surface area contributed by atoms with E-state index in [-0.39, 0.29) is 5.78 Å². The summed E-state index contributed by atoms with van der Waals surface area (Å²) in [6.45, 7) is 2.57. The van der Waals surface area contributed by atoms with Gasteiger partial charge in [0.1, 0.15) is 5.75 Å². The first kappa shape index (κ1) is 14.3. The molecule has 2 nitrogen and oxygen atoms in total. The fourth-order valence-electron chi connectivity index (χ4n) is 2.07. The van der Waals surface area contributed by atoms with Crippen LogP contribution in [0, 0.1) is 0 Å². The van der Waals surface area contributed by atoms with E-state index >= 15 is 0 Å². The number of para-hydroxylation sites is 1. The molecule has 0 N–H and O–H groups in total. The first-order chi connectivity index (χ1) is 9.79. The van der Waals surface area contributed by atoms with Gasteiger partial charge < -0.3 is 4.74 Å². The van der Waals surface area contributed by atoms with Gasteiger partial charge in [-0.1, -0.05) is 55.8 Å². The highest BCUT2D eigenvalue weighted by Crippen LogP contribution is 2.11. The highest BCUT2D eigenvalue weighted by Gasteiger charge is 2.06. The Morgan fingerprint density at radius 1 is 1.00 bits per heavy atom. The third-order valence-corrected chi connectivity index (χ3v) is 3.16. The molecule has 0 aliphatic carbocycles. The minimum atomic E-state index is 0.129. The van der Waals surface area contributed by atoms with Crippen molar-refractivity contribution in [2.45, 2.75) is 26.2 Å². The van der Waals surface area contributed by atoms with Crippen LogP contribution in [0.1, 0.15) is 35.7 Å². The van der Waals surface area contributed by atoms with Crippen molar-refractivity contribution >= 4 is 5.78 Å². The van der Waals surface area contributed by atoms with E-state index in [2.05, 4.69) is 6.92 Å². The molecule has 2 aromatic rings. The third-order valence-electron chi connectivity index (χ3n) is 3.16. The van der Waals surface area contributed by atoms with Crippen LogP contribution in [0.5, 0.6) is 5.75 Å². The Kier molecular flexibility index (Phi) is 5.36. The van der Waals surface area contributed by atoms with Gasteiger partial charge in [-0.3, -0.25) is 4.79 Å². The number of rotatable bonds is 7. The van der Waals surface area contributed by atoms with Crippen molar-refractivity contribution in [2.24, 2.45) is 0 Å². The Bertz CT molecular complexity index is 529. The highest BCUT2D eigenvalue weighted by atomic mass is 16.5. The summed E-state index contributed by atoms with van der Waals surface area (Å²) in [5, 5.41) is 0. The van der Waals surface area contributed by atoms with Gasteiger partial charge in [-0.05, 0) is 24.1 Å². The van der Waals surface area contributed by atoms with Gasteiger partial charge >= 0.3 is 0 Å². The maximum absolute atomic E-state index is 12.0. The summed E-state index contributed by atoms with van der Waals surface area (Å²) in [5.74, 6) is 0.933. The molecule has 20 heavy (non-hydrogen) atoms. The van der Waals surface area contributed by atoms with Crippen LogP contribution in [0.2, 0.25) is 0 Å². The standard InChI is InChI=1S/C18H20O2/c1-2-6-15-9-11-16(12-10-15)18(19)13-14-20-17-7-4-3-5-8-17/h3-5,7-12H,2,6,13-14H2,1H3. The Hall–Kier alpha value is -2.09. The lowest BCUT2D eigenvalue weighted by Crippen LogP contribution is -2.06. The van der Waals surface area contributed by atoms with E-state index in [1.54, 1.807) is 0 Å². The van der Waals surface area contributed by atoms with Gasteiger partial charge in [0.2, 0.25) is 0 Å². The molecule has 2 aromatic carbocycles. The zero-order valence-corrected chi connectivity index (χ0v) is 11.8. The van der Waals surface area contributed by atoms with Gasteiger partial charge in [0.25, 0.3) is 0 Å². The molecule has 0 heterocycles. The van der Waals surface area contributed by atoms with Gasteiger partial charge in [0.05, 0.1) is 6.61 Å². The quantitative estimate of drug-likeness (QED) is 0.700. The lowest BCUT2D eigenvalue weighted by Gasteiger charge is -2.06. The second-order valence-corrected chi connectivity index (χ2v) is 4.78. The van der Waals surface area contributed by atoms with Crippen LogP contribution in [0.25, 0.3) is 0 Å². The number of hydrogen-bond acceptors (Lipinski definition) is 2. The Labute approximate surface area is 120 Å². The molecule has 0 saturated carbocycles. The third kappa shape index (κ3) is 4.23. The van der Waals surface area contributed by atoms with Crippen molar-refractivity contribution in [3.63, 3.8) is 0 Å². The van der Waals surface area contributed by atoms with Crippen LogP contribution >= 0.6 is 0 Å². The molecular formula is C18H20O2. The SMILES string of the molecule is CCCc1ccc(C(=O)CCOc2ccccc2)cc1. The molecule has 0 aliphatic rings. The van der Waals surface area contributed by atoms with E-state index in [0.717, 1.165) is 24.2 Å². The first-order valence-electron chi connectivity index (χ1n) is 7.09. The number of Topliss-reactive ketones (excluding diaryl/α,β-unsaturated/α-hetero) is 1. The van der Waals surface area contributed by atoms with Gasteiger partial charge in [-0.15, -0.1) is 0 Å². The number of carbonyl (C=O) groups is 1. The molecule has 0 aromatic heterocycles. The number of carbonyl (C=O) groups excluding carboxylic acids is 1. The van der Waals surface area contributed by atoms with E-state index in [0.29, 0.717) is 13.0 Å². The molecular weight excluding hydrogens is 248 g/mol. The average molecular weight is 268 g/mol. The van der Waals surface area contributed by atoms with Gasteiger partial charge in [-0.2, -0.15) is 0 Å². The molecule has 0 amide bonds. The fourth-order valence-corrected chi connectivity index (χ4v) is 2.07. The van der Waals surface area contributed by atoms with E-state index in [4.69, 9.17) is 4.74 Å². The molecule has 0 radical (unpaired) electrons. The smallest absolute Gasteiger partial charge is 0.166 e. The number of aryl methyl sites for hydroxylation is 1. The van der Waals surface area contributed by atoms with Crippen molar-refractivity contribution in [3.8, 4) is 5.75 Å². The second-order valence-electron chi connectivity index (χ2n) is 4.78. The van der Waals surface area contributed by atoms with Crippen LogP contribution in [0.3, 0.4) is 0 Å². The molecule has 2 rings (SSSR count). The number of benzene rings is 2. The molecule has 104 valence electrons. The topological polar surface area (TPSA) is 26.3 Å². The molecule has 0 unspecified atom stereocenters. The van der Waals surface area contributed by atoms with Crippen LogP contribution in [-0.2, 0) is 6.42 Å². The average Bonchev–Trinajstić information content (AvgIpc) is 2.49. The van der Waals surface area contributed by atoms with E-state index in [1.165, 1.54) is 5.56 Å². The molecule has 0 fully saturated rings. The number of ketones is 1. The van der Waals surface area contributed by atoms with Crippen molar-refractivity contribution in [3.05, 3.63) is 65.7 Å². The minimum Gasteiger partial charge on any atom is -0.493 e. The van der Waals surface area contributed by atoms with Gasteiger partial charge in [0.15, 0.2) is 5.78 Å². The van der Waals surface area contributed by atoms with E-state index in [9.17, 15) is 4.79 Å². The zero-order chi connectivity index (χ0) is 14.2. The predicted octanol–water partition coefficient (Wildman–Crippen LogP) is 4.29. The second kappa shape index (κ2) is 7.49. The monoisotopic (exact) mass is 268 g/mol. The zero-order valence-electron chi connectivity index (χ0n) is 11.8. The maximum Gasteiger partial charge on any atom is 0.166 e. The Balaban J connectivity index is 1.82. The minimum absolute atomic E-state index is 0.129. The van der Waals surface area contributed by atoms with Crippen LogP contribution in [0.15, 0.2) is 54.6 Å². The molecule has 0 saturated heterocycles. The summed E-state index contributed by atoms with van der Waals surface area (Å²) < 4.78 is 5.54. The molecule has 0 bridgehead atoms. The lowest BCUT2D eigenvalue weighted by atomic mass is 10.0. The number of ether oxygens (including phenoxy) is 1. The van der Waals surface area contributed by atoms with Crippen molar-refractivity contribution in [2.75, 3.05) is 6.61 Å². The summed E-state index contributed by atoms with van der Waals surface area (Å²) in [4.78, 5) is 12.0. The lowest BCUT2D eigenvalue weighted by molar-refractivity contribution is 0.0962. The molecule has 0 atom stereocenters. The molecule has 0 aliphatic heterocycles. The summed E-state index contributed by atoms with van der Waals surface area (Å²) in [5.41, 5.74) is 2.05. The van der Waals surface area contributed by atoms with Crippen molar-refractivity contribution in [1.29, 1.82) is 0 Å². The normalized spacial score (nSPS) is 10.2. The molecule has 2 heteroatoms. The summed E-state index contributed by atoms with van der Waals surface area (Å²) in [7, 11) is 0. The predicted molar refractivity (Wildman–Crippen MR) is 81.3 cm³/mol. The van der Waals surface area contributed by atoms with E-state index < -0.39 is 0 Å². The Morgan fingerprint density at radius 3 is 2.35 bits per heavy atom. The number of hydrogen-bond donors (Lipinski definition) is 0. The van der Waals surface area contributed by atoms with Crippen molar-refractivity contribution < 1.29 is 9.53 Å². The van der Waals surface area contributed by atoms with Gasteiger partial charge in [-0.25, -0.2) is 0 Å². The highest BCUT2D eigenvalue weighted by molar-refractivity contribution is 5.96. The summed E-state index contributed by atoms with van der Waals surface area (Å²) in [6.07, 6.45) is 2.59. The van der Waals surface area contributed by atoms with E-state index in [1.807, 2.05) is 54.6 Å². The summed E-state index contributed by atoms with van der Waals surface area (Å²) >= 11 is 0. The van der Waals surface area contributed by atoms with Crippen LogP contribution in [-0.4, -0.2) is 12.4 Å². The van der Waals surface area contributed by atoms with Gasteiger partial charge in [0, 0.05) is 12.0 Å². The van der Waals surface area contributed by atoms with Crippen LogP contribution in [0.4, 0.5) is 0 Å². The maximum atomic E-state index is 12.0. The Morgan fingerprint density at radius 2 is 1.70 bits per heavy atom. The summed E-state index contributed by atoms with van der Waals surface area (Å²) in [6, 6.07) is 17.5. The fraction of sp³-hybridized carbons (Fsp3) is 0.278. The molecule has 0 spiro atoms. The van der Waals surface area contributed by atoms with Crippen molar-refractivity contribution in [1.82, 2.24) is 0 Å².